The highest BCUT2D eigenvalue weighted by atomic mass is 14.9. The van der Waals surface area contributed by atoms with E-state index in [-0.39, 0.29) is 6.04 Å². The average molecular weight is 210 g/mol. The van der Waals surface area contributed by atoms with Gasteiger partial charge in [0.05, 0.1) is 11.2 Å². The Labute approximate surface area is 95.7 Å². The lowest BCUT2D eigenvalue weighted by atomic mass is 10.1. The van der Waals surface area contributed by atoms with Crippen molar-refractivity contribution in [3.8, 4) is 12.3 Å². The molecule has 0 amide bonds. The Balaban J connectivity index is 2.42. The van der Waals surface area contributed by atoms with E-state index in [4.69, 9.17) is 6.42 Å². The Kier molecular flexibility index (Phi) is 3.19. The molecule has 0 aliphatic heterocycles. The molecule has 0 radical (unpaired) electrons. The lowest BCUT2D eigenvalue weighted by Crippen LogP contribution is -2.20. The topological polar surface area (TPSA) is 24.9 Å². The minimum absolute atomic E-state index is 0.102. The predicted molar refractivity (Wildman–Crippen MR) is 67.0 cm³/mol. The maximum Gasteiger partial charge on any atom is 0.111 e. The van der Waals surface area contributed by atoms with Crippen LogP contribution in [0.3, 0.4) is 0 Å². The molecule has 0 saturated heterocycles. The Morgan fingerprint density at radius 3 is 2.88 bits per heavy atom. The van der Waals surface area contributed by atoms with Gasteiger partial charge in [0.15, 0.2) is 0 Å². The maximum atomic E-state index is 5.48. The van der Waals surface area contributed by atoms with Crippen LogP contribution >= 0.6 is 0 Å². The van der Waals surface area contributed by atoms with Gasteiger partial charge < -0.3 is 0 Å². The Hall–Kier alpha value is -1.85. The third kappa shape index (κ3) is 2.05. The Bertz CT molecular complexity index is 525. The Morgan fingerprint density at radius 2 is 2.12 bits per heavy atom. The zero-order valence-electron chi connectivity index (χ0n) is 9.27. The van der Waals surface area contributed by atoms with Gasteiger partial charge in [0.2, 0.25) is 0 Å². The van der Waals surface area contributed by atoms with Crippen molar-refractivity contribution in [3.05, 3.63) is 42.1 Å². The molecule has 0 spiro atoms. The van der Waals surface area contributed by atoms with E-state index in [9.17, 15) is 0 Å². The molecule has 16 heavy (non-hydrogen) atoms. The largest absolute Gasteiger partial charge is 0.299 e. The zero-order valence-corrected chi connectivity index (χ0v) is 9.27. The highest BCUT2D eigenvalue weighted by molar-refractivity contribution is 5.78. The molecule has 0 aliphatic carbocycles. The highest BCUT2D eigenvalue weighted by Gasteiger charge is 2.08. The summed E-state index contributed by atoms with van der Waals surface area (Å²) in [5.74, 6) is 2.71. The summed E-state index contributed by atoms with van der Waals surface area (Å²) >= 11 is 0. The third-order valence-corrected chi connectivity index (χ3v) is 2.49. The fourth-order valence-corrected chi connectivity index (χ4v) is 1.70. The average Bonchev–Trinajstić information content (AvgIpc) is 2.35. The monoisotopic (exact) mass is 210 g/mol. The lowest BCUT2D eigenvalue weighted by Gasteiger charge is -2.11. The second-order valence-electron chi connectivity index (χ2n) is 3.59. The molecule has 2 heteroatoms. The van der Waals surface area contributed by atoms with Gasteiger partial charge in [0, 0.05) is 5.39 Å². The number of hydrogen-bond donors (Lipinski definition) is 1. The van der Waals surface area contributed by atoms with Crippen molar-refractivity contribution in [1.82, 2.24) is 10.3 Å². The minimum Gasteiger partial charge on any atom is -0.299 e. The van der Waals surface area contributed by atoms with Gasteiger partial charge in [-0.25, -0.2) is 0 Å². The van der Waals surface area contributed by atoms with Crippen molar-refractivity contribution < 1.29 is 0 Å². The number of benzene rings is 1. The lowest BCUT2D eigenvalue weighted by molar-refractivity contribution is 0.651. The van der Waals surface area contributed by atoms with Crippen LogP contribution < -0.4 is 5.32 Å². The first-order chi connectivity index (χ1) is 7.85. The third-order valence-electron chi connectivity index (χ3n) is 2.49. The molecular weight excluding hydrogens is 196 g/mol. The molecule has 1 aromatic carbocycles. The second kappa shape index (κ2) is 4.78. The van der Waals surface area contributed by atoms with Gasteiger partial charge in [-0.15, -0.1) is 6.42 Å². The van der Waals surface area contributed by atoms with Gasteiger partial charge in [0.25, 0.3) is 0 Å². The molecule has 1 atom stereocenters. The smallest absolute Gasteiger partial charge is 0.111 e. The minimum atomic E-state index is -0.102. The fourth-order valence-electron chi connectivity index (χ4n) is 1.70. The molecule has 2 aromatic rings. The van der Waals surface area contributed by atoms with E-state index in [1.54, 1.807) is 0 Å². The summed E-state index contributed by atoms with van der Waals surface area (Å²) in [6.07, 6.45) is 5.48. The summed E-state index contributed by atoms with van der Waals surface area (Å²) in [6, 6.07) is 12.0. The van der Waals surface area contributed by atoms with Crippen molar-refractivity contribution in [1.29, 1.82) is 0 Å². The van der Waals surface area contributed by atoms with Crippen molar-refractivity contribution >= 4 is 10.9 Å². The van der Waals surface area contributed by atoms with Crippen LogP contribution in [0.1, 0.15) is 18.7 Å². The van der Waals surface area contributed by atoms with E-state index in [1.807, 2.05) is 37.3 Å². The molecule has 1 heterocycles. The summed E-state index contributed by atoms with van der Waals surface area (Å²) < 4.78 is 0. The predicted octanol–water partition coefficient (Wildman–Crippen LogP) is 2.52. The highest BCUT2D eigenvalue weighted by Crippen LogP contribution is 2.15. The van der Waals surface area contributed by atoms with Crippen LogP contribution in [0.4, 0.5) is 0 Å². The molecule has 80 valence electrons. The first-order valence-electron chi connectivity index (χ1n) is 5.40. The van der Waals surface area contributed by atoms with Gasteiger partial charge in [-0.2, -0.15) is 0 Å². The van der Waals surface area contributed by atoms with E-state index in [1.165, 1.54) is 0 Å². The van der Waals surface area contributed by atoms with Crippen LogP contribution in [0, 0.1) is 12.3 Å². The molecule has 0 bridgehead atoms. The first kappa shape index (κ1) is 10.7. The van der Waals surface area contributed by atoms with Crippen LogP contribution in [0.5, 0.6) is 0 Å². The summed E-state index contributed by atoms with van der Waals surface area (Å²) in [7, 11) is 0. The number of hydrogen-bond acceptors (Lipinski definition) is 2. The van der Waals surface area contributed by atoms with Crippen LogP contribution in [0.25, 0.3) is 10.9 Å². The van der Waals surface area contributed by atoms with Crippen LogP contribution in [-0.2, 0) is 0 Å². The normalized spacial score (nSPS) is 12.2. The number of para-hydroxylation sites is 1. The standard InChI is InChI=1S/C14H14N2/c1-3-12(15-4-2)14-10-9-11-7-5-6-8-13(11)16-14/h1,5-10,12,15H,4H2,2H3. The Morgan fingerprint density at radius 1 is 1.31 bits per heavy atom. The van der Waals surface area contributed by atoms with Gasteiger partial charge in [-0.1, -0.05) is 37.1 Å². The van der Waals surface area contributed by atoms with Crippen LogP contribution in [0.15, 0.2) is 36.4 Å². The number of terminal acetylenes is 1. The molecular formula is C14H14N2. The van der Waals surface area contributed by atoms with Gasteiger partial charge in [0.1, 0.15) is 6.04 Å². The quantitative estimate of drug-likeness (QED) is 0.787. The second-order valence-corrected chi connectivity index (χ2v) is 3.59. The van der Waals surface area contributed by atoms with Crippen LogP contribution in [-0.4, -0.2) is 11.5 Å². The van der Waals surface area contributed by atoms with Gasteiger partial charge in [-0.05, 0) is 18.7 Å². The van der Waals surface area contributed by atoms with E-state index >= 15 is 0 Å². The van der Waals surface area contributed by atoms with E-state index in [0.29, 0.717) is 0 Å². The molecule has 1 N–H and O–H groups in total. The summed E-state index contributed by atoms with van der Waals surface area (Å²) in [6.45, 7) is 2.87. The number of nitrogens with one attached hydrogen (secondary N) is 1. The fraction of sp³-hybridized carbons (Fsp3) is 0.214. The molecule has 1 unspecified atom stereocenters. The van der Waals surface area contributed by atoms with Gasteiger partial charge in [-0.3, -0.25) is 10.3 Å². The maximum absolute atomic E-state index is 5.48. The van der Waals surface area contributed by atoms with Crippen molar-refractivity contribution in [3.63, 3.8) is 0 Å². The molecule has 0 fully saturated rings. The van der Waals surface area contributed by atoms with Crippen molar-refractivity contribution in [2.24, 2.45) is 0 Å². The molecule has 0 saturated carbocycles. The molecule has 0 aliphatic rings. The molecule has 2 rings (SSSR count). The number of rotatable bonds is 3. The summed E-state index contributed by atoms with van der Waals surface area (Å²) in [5, 5.41) is 4.35. The zero-order chi connectivity index (χ0) is 11.4. The van der Waals surface area contributed by atoms with Gasteiger partial charge >= 0.3 is 0 Å². The van der Waals surface area contributed by atoms with E-state index < -0.39 is 0 Å². The molecule has 2 nitrogen and oxygen atoms in total. The van der Waals surface area contributed by atoms with E-state index in [2.05, 4.69) is 22.3 Å². The number of pyridine rings is 1. The SMILES string of the molecule is C#CC(NCC)c1ccc2ccccc2n1. The number of aromatic nitrogens is 1. The van der Waals surface area contributed by atoms with Crippen LogP contribution in [0.2, 0.25) is 0 Å². The number of nitrogens with zero attached hydrogens (tertiary/aromatic N) is 1. The van der Waals surface area contributed by atoms with E-state index in [0.717, 1.165) is 23.1 Å². The summed E-state index contributed by atoms with van der Waals surface area (Å²) in [5.41, 5.74) is 1.89. The van der Waals surface area contributed by atoms with Crippen molar-refractivity contribution in [2.75, 3.05) is 6.54 Å². The number of fused-ring (bicyclic) bond motifs is 1. The summed E-state index contributed by atoms with van der Waals surface area (Å²) in [4.78, 5) is 4.56. The molecule has 1 aromatic heterocycles. The first-order valence-corrected chi connectivity index (χ1v) is 5.40. The van der Waals surface area contributed by atoms with Crippen molar-refractivity contribution in [2.45, 2.75) is 13.0 Å².